The number of thioether (sulfide) groups is 1. The summed E-state index contributed by atoms with van der Waals surface area (Å²) in [5.41, 5.74) is 7.46. The van der Waals surface area contributed by atoms with Crippen LogP contribution in [0.5, 0.6) is 0 Å². The minimum Gasteiger partial charge on any atom is -0.389 e. The predicted molar refractivity (Wildman–Crippen MR) is 84.2 cm³/mol. The molecular formula is C13H14N4S2. The molecule has 2 N–H and O–H groups in total. The molecule has 0 aliphatic rings. The van der Waals surface area contributed by atoms with Crippen molar-refractivity contribution in [1.82, 2.24) is 9.97 Å². The molecule has 0 amide bonds. The number of rotatable bonds is 4. The lowest BCUT2D eigenvalue weighted by Gasteiger charge is -2.18. The Morgan fingerprint density at radius 2 is 1.95 bits per heavy atom. The zero-order valence-electron chi connectivity index (χ0n) is 10.7. The Morgan fingerprint density at radius 3 is 2.53 bits per heavy atom. The molecule has 2 aromatic rings. The van der Waals surface area contributed by atoms with E-state index >= 15 is 0 Å². The Kier molecular flexibility index (Phi) is 4.34. The van der Waals surface area contributed by atoms with Gasteiger partial charge in [0.05, 0.1) is 0 Å². The first-order valence-corrected chi connectivity index (χ1v) is 7.24. The summed E-state index contributed by atoms with van der Waals surface area (Å²) in [7, 11) is 1.96. The monoisotopic (exact) mass is 290 g/mol. The van der Waals surface area contributed by atoms with Gasteiger partial charge in [0, 0.05) is 24.4 Å². The van der Waals surface area contributed by atoms with Crippen LogP contribution in [0.3, 0.4) is 0 Å². The third kappa shape index (κ3) is 3.21. The topological polar surface area (TPSA) is 55.0 Å². The summed E-state index contributed by atoms with van der Waals surface area (Å²) in [6.45, 7) is 0. The zero-order chi connectivity index (χ0) is 13.8. The second kappa shape index (κ2) is 5.99. The van der Waals surface area contributed by atoms with Crippen LogP contribution in [0.4, 0.5) is 11.5 Å². The Balaban J connectivity index is 2.27. The highest BCUT2D eigenvalue weighted by molar-refractivity contribution is 7.98. The van der Waals surface area contributed by atoms with Crippen molar-refractivity contribution >= 4 is 40.5 Å². The Bertz CT molecular complexity index is 583. The summed E-state index contributed by atoms with van der Waals surface area (Å²) in [6, 6.07) is 9.70. The SMILES string of the molecule is CSc1cc(N(C)c2ccc(C(N)=S)cc2)ncn1. The summed E-state index contributed by atoms with van der Waals surface area (Å²) < 4.78 is 0. The predicted octanol–water partition coefficient (Wildman–Crippen LogP) is 2.60. The summed E-state index contributed by atoms with van der Waals surface area (Å²) in [5, 5.41) is 0.941. The standard InChI is InChI=1S/C13H14N4S2/c1-17(11-7-12(19-2)16-8-15-11)10-5-3-9(4-6-10)13(14)18/h3-8H,1-2H3,(H2,14,18). The number of hydrogen-bond acceptors (Lipinski definition) is 5. The average molecular weight is 290 g/mol. The molecule has 0 spiro atoms. The van der Waals surface area contributed by atoms with Gasteiger partial charge in [-0.1, -0.05) is 12.2 Å². The smallest absolute Gasteiger partial charge is 0.137 e. The summed E-state index contributed by atoms with van der Waals surface area (Å²) in [6.07, 6.45) is 3.56. The summed E-state index contributed by atoms with van der Waals surface area (Å²) in [5.74, 6) is 0.849. The molecule has 0 unspecified atom stereocenters. The van der Waals surface area contributed by atoms with Crippen LogP contribution in [0.2, 0.25) is 0 Å². The molecule has 1 aromatic heterocycles. The van der Waals surface area contributed by atoms with Gasteiger partial charge in [-0.25, -0.2) is 9.97 Å². The minimum absolute atomic E-state index is 0.404. The van der Waals surface area contributed by atoms with Gasteiger partial charge >= 0.3 is 0 Å². The molecule has 1 aromatic carbocycles. The molecule has 0 fully saturated rings. The first kappa shape index (κ1) is 13.8. The van der Waals surface area contributed by atoms with Crippen molar-refractivity contribution in [2.24, 2.45) is 5.73 Å². The van der Waals surface area contributed by atoms with E-state index in [1.807, 2.05) is 48.5 Å². The largest absolute Gasteiger partial charge is 0.389 e. The Morgan fingerprint density at radius 1 is 1.26 bits per heavy atom. The van der Waals surface area contributed by atoms with Crippen LogP contribution in [0.25, 0.3) is 0 Å². The van der Waals surface area contributed by atoms with Crippen LogP contribution in [-0.2, 0) is 0 Å². The number of aromatic nitrogens is 2. The Hall–Kier alpha value is -1.66. The van der Waals surface area contributed by atoms with Crippen LogP contribution in [-0.4, -0.2) is 28.3 Å². The number of hydrogen-bond donors (Lipinski definition) is 1. The molecule has 19 heavy (non-hydrogen) atoms. The number of anilines is 2. The van der Waals surface area contributed by atoms with Crippen LogP contribution >= 0.6 is 24.0 Å². The average Bonchev–Trinajstić information content (AvgIpc) is 2.46. The van der Waals surface area contributed by atoms with Crippen molar-refractivity contribution in [1.29, 1.82) is 0 Å². The van der Waals surface area contributed by atoms with Gasteiger partial charge in [0.2, 0.25) is 0 Å². The normalized spacial score (nSPS) is 10.2. The lowest BCUT2D eigenvalue weighted by Crippen LogP contribution is -2.13. The number of thiocarbonyl (C=S) groups is 1. The van der Waals surface area contributed by atoms with E-state index in [1.165, 1.54) is 0 Å². The fraction of sp³-hybridized carbons (Fsp3) is 0.154. The second-order valence-corrected chi connectivity index (χ2v) is 5.16. The van der Waals surface area contributed by atoms with E-state index in [1.54, 1.807) is 18.1 Å². The number of nitrogens with zero attached hydrogens (tertiary/aromatic N) is 3. The third-order valence-electron chi connectivity index (χ3n) is 2.72. The molecule has 0 atom stereocenters. The van der Waals surface area contributed by atoms with Crippen LogP contribution < -0.4 is 10.6 Å². The molecule has 6 heteroatoms. The zero-order valence-corrected chi connectivity index (χ0v) is 12.3. The third-order valence-corrected chi connectivity index (χ3v) is 3.60. The van der Waals surface area contributed by atoms with Gasteiger partial charge in [0.15, 0.2) is 0 Å². The molecule has 0 aliphatic heterocycles. The van der Waals surface area contributed by atoms with Gasteiger partial charge in [-0.05, 0) is 30.5 Å². The number of nitrogens with two attached hydrogens (primary N) is 1. The van der Waals surface area contributed by atoms with Crippen molar-refractivity contribution in [2.45, 2.75) is 5.03 Å². The van der Waals surface area contributed by atoms with Crippen LogP contribution in [0.1, 0.15) is 5.56 Å². The first-order chi connectivity index (χ1) is 9.11. The summed E-state index contributed by atoms with van der Waals surface area (Å²) in [4.78, 5) is 10.8. The molecular weight excluding hydrogens is 276 g/mol. The second-order valence-electron chi connectivity index (χ2n) is 3.89. The van der Waals surface area contributed by atoms with Gasteiger partial charge in [-0.2, -0.15) is 0 Å². The van der Waals surface area contributed by atoms with Crippen molar-refractivity contribution in [2.75, 3.05) is 18.2 Å². The van der Waals surface area contributed by atoms with E-state index in [0.29, 0.717) is 4.99 Å². The highest BCUT2D eigenvalue weighted by Gasteiger charge is 2.07. The van der Waals surface area contributed by atoms with Crippen molar-refractivity contribution in [3.05, 3.63) is 42.2 Å². The van der Waals surface area contributed by atoms with E-state index in [0.717, 1.165) is 22.1 Å². The molecule has 4 nitrogen and oxygen atoms in total. The van der Waals surface area contributed by atoms with Crippen molar-refractivity contribution in [3.8, 4) is 0 Å². The van der Waals surface area contributed by atoms with Gasteiger partial charge in [-0.3, -0.25) is 0 Å². The highest BCUT2D eigenvalue weighted by Crippen LogP contribution is 2.24. The molecule has 0 radical (unpaired) electrons. The Labute approximate surface area is 122 Å². The molecule has 0 aliphatic carbocycles. The van der Waals surface area contributed by atoms with Crippen molar-refractivity contribution in [3.63, 3.8) is 0 Å². The lowest BCUT2D eigenvalue weighted by molar-refractivity contribution is 1.01. The molecule has 1 heterocycles. The summed E-state index contributed by atoms with van der Waals surface area (Å²) >= 11 is 6.53. The van der Waals surface area contributed by atoms with Crippen molar-refractivity contribution < 1.29 is 0 Å². The van der Waals surface area contributed by atoms with E-state index in [-0.39, 0.29) is 0 Å². The first-order valence-electron chi connectivity index (χ1n) is 5.61. The fourth-order valence-corrected chi connectivity index (χ4v) is 2.12. The van der Waals surface area contributed by atoms with E-state index in [9.17, 15) is 0 Å². The van der Waals surface area contributed by atoms with Gasteiger partial charge < -0.3 is 10.6 Å². The minimum atomic E-state index is 0.404. The maximum absolute atomic E-state index is 5.58. The van der Waals surface area contributed by atoms with Gasteiger partial charge in [0.1, 0.15) is 22.2 Å². The van der Waals surface area contributed by atoms with E-state index in [2.05, 4.69) is 9.97 Å². The molecule has 0 saturated heterocycles. The van der Waals surface area contributed by atoms with E-state index < -0.39 is 0 Å². The lowest BCUT2D eigenvalue weighted by atomic mass is 10.2. The van der Waals surface area contributed by atoms with Gasteiger partial charge in [-0.15, -0.1) is 11.8 Å². The maximum Gasteiger partial charge on any atom is 0.137 e. The number of benzene rings is 1. The molecule has 98 valence electrons. The van der Waals surface area contributed by atoms with Crippen LogP contribution in [0.15, 0.2) is 41.7 Å². The van der Waals surface area contributed by atoms with E-state index in [4.69, 9.17) is 18.0 Å². The fourth-order valence-electron chi connectivity index (χ4n) is 1.61. The van der Waals surface area contributed by atoms with Gasteiger partial charge in [0.25, 0.3) is 0 Å². The molecule has 2 rings (SSSR count). The molecule has 0 bridgehead atoms. The quantitative estimate of drug-likeness (QED) is 0.531. The maximum atomic E-state index is 5.58. The van der Waals surface area contributed by atoms with Crippen LogP contribution in [0, 0.1) is 0 Å². The molecule has 0 saturated carbocycles. The highest BCUT2D eigenvalue weighted by atomic mass is 32.2.